The van der Waals surface area contributed by atoms with Gasteiger partial charge in [-0.25, -0.2) is 9.37 Å². The van der Waals surface area contributed by atoms with Crippen LogP contribution in [0.4, 0.5) is 10.2 Å². The second-order valence-corrected chi connectivity index (χ2v) is 7.29. The summed E-state index contributed by atoms with van der Waals surface area (Å²) in [7, 11) is -1.61. The molecule has 0 saturated carbocycles. The lowest BCUT2D eigenvalue weighted by Crippen LogP contribution is -2.30. The third kappa shape index (κ3) is 3.71. The quantitative estimate of drug-likeness (QED) is 0.422. The highest BCUT2D eigenvalue weighted by Gasteiger charge is 2.22. The van der Waals surface area contributed by atoms with E-state index in [1.54, 1.807) is 29.1 Å². The number of aryl methyl sites for hydroxylation is 1. The molecule has 0 atom stereocenters. The van der Waals surface area contributed by atoms with Crippen molar-refractivity contribution >= 4 is 29.3 Å². The third-order valence-electron chi connectivity index (χ3n) is 5.19. The average Bonchev–Trinajstić information content (AvgIpc) is 3.21. The average molecular weight is 419 g/mol. The van der Waals surface area contributed by atoms with Crippen LogP contribution in [0.1, 0.15) is 17.7 Å². The van der Waals surface area contributed by atoms with Gasteiger partial charge in [0.1, 0.15) is 5.82 Å². The van der Waals surface area contributed by atoms with Crippen molar-refractivity contribution in [3.05, 3.63) is 65.7 Å². The fraction of sp³-hybridized carbons (Fsp3) is 0.190. The Balaban J connectivity index is 1.56. The zero-order valence-electron chi connectivity index (χ0n) is 16.5. The summed E-state index contributed by atoms with van der Waals surface area (Å²) in [4.78, 5) is 9.27. The van der Waals surface area contributed by atoms with Crippen LogP contribution in [0.2, 0.25) is 0 Å². The second-order valence-electron chi connectivity index (χ2n) is 7.29. The molecule has 10 heteroatoms. The Morgan fingerprint density at radius 1 is 1.16 bits per heavy atom. The number of benzene rings is 2. The molecule has 0 unspecified atom stereocenters. The van der Waals surface area contributed by atoms with Gasteiger partial charge in [0, 0.05) is 11.9 Å². The van der Waals surface area contributed by atoms with Crippen LogP contribution in [0.25, 0.3) is 16.9 Å². The van der Waals surface area contributed by atoms with Crippen LogP contribution in [0.3, 0.4) is 0 Å². The van der Waals surface area contributed by atoms with E-state index in [0.717, 1.165) is 24.1 Å². The molecule has 0 bridgehead atoms. The number of rotatable bonds is 5. The Hall–Kier alpha value is -3.50. The molecule has 3 N–H and O–H groups in total. The third-order valence-corrected chi connectivity index (χ3v) is 5.19. The van der Waals surface area contributed by atoms with Crippen molar-refractivity contribution in [2.45, 2.75) is 19.4 Å². The molecular formula is C21H19BFN5O3. The van der Waals surface area contributed by atoms with Gasteiger partial charge in [-0.3, -0.25) is 0 Å². The Morgan fingerprint density at radius 3 is 2.87 bits per heavy atom. The lowest BCUT2D eigenvalue weighted by atomic mass is 9.78. The number of nitrogens with one attached hydrogen (secondary N) is 1. The van der Waals surface area contributed by atoms with Crippen LogP contribution in [0.15, 0.2) is 48.7 Å². The number of halogens is 1. The predicted molar refractivity (Wildman–Crippen MR) is 114 cm³/mol. The van der Waals surface area contributed by atoms with Gasteiger partial charge in [0.25, 0.3) is 5.95 Å². The molecule has 5 rings (SSSR count). The van der Waals surface area contributed by atoms with E-state index in [9.17, 15) is 14.4 Å². The van der Waals surface area contributed by atoms with Gasteiger partial charge >= 0.3 is 7.12 Å². The van der Waals surface area contributed by atoms with Crippen molar-refractivity contribution in [2.24, 2.45) is 0 Å². The standard InChI is InChI=1S/C21H19BFN5O3/c23-14-5-1-4-13(10-14)11-24-20-19-17(7-3-9-31-19)26-21(27-20)28-18-8-2-6-16(22(29)30)15(18)12-25-28/h1-2,4-6,8,10,12,29-30H,3,7,9,11H2,(H,24,26,27). The number of hydrogen-bond acceptors (Lipinski definition) is 7. The minimum absolute atomic E-state index is 0.300. The van der Waals surface area contributed by atoms with Gasteiger partial charge in [-0.05, 0) is 42.1 Å². The van der Waals surface area contributed by atoms with Crippen LogP contribution >= 0.6 is 0 Å². The SMILES string of the molecule is OB(O)c1cccc2c1cnn2-c1nc2c(c(NCc3cccc(F)c3)n1)OCCC2. The molecule has 156 valence electrons. The monoisotopic (exact) mass is 419 g/mol. The van der Waals surface area contributed by atoms with E-state index in [0.29, 0.717) is 47.0 Å². The number of hydrogen-bond donors (Lipinski definition) is 3. The minimum Gasteiger partial charge on any atom is -0.488 e. The first kappa shape index (κ1) is 19.5. The molecule has 0 spiro atoms. The Kier molecular flexibility index (Phi) is 5.01. The van der Waals surface area contributed by atoms with E-state index in [1.807, 2.05) is 12.1 Å². The van der Waals surface area contributed by atoms with Crippen molar-refractivity contribution < 1.29 is 19.2 Å². The molecule has 1 aliphatic heterocycles. The molecule has 0 radical (unpaired) electrons. The second kappa shape index (κ2) is 7.97. The normalized spacial score (nSPS) is 13.0. The van der Waals surface area contributed by atoms with E-state index in [-0.39, 0.29) is 5.82 Å². The summed E-state index contributed by atoms with van der Waals surface area (Å²) in [6.45, 7) is 0.942. The maximum absolute atomic E-state index is 13.5. The maximum Gasteiger partial charge on any atom is 0.489 e. The molecule has 0 fully saturated rings. The highest BCUT2D eigenvalue weighted by Crippen LogP contribution is 2.32. The molecule has 31 heavy (non-hydrogen) atoms. The van der Waals surface area contributed by atoms with Crippen molar-refractivity contribution in [3.63, 3.8) is 0 Å². The first-order valence-corrected chi connectivity index (χ1v) is 9.95. The van der Waals surface area contributed by atoms with Gasteiger partial charge in [-0.2, -0.15) is 14.8 Å². The molecule has 0 aliphatic carbocycles. The van der Waals surface area contributed by atoms with E-state index >= 15 is 0 Å². The first-order chi connectivity index (χ1) is 15.1. The zero-order chi connectivity index (χ0) is 21.4. The summed E-state index contributed by atoms with van der Waals surface area (Å²) >= 11 is 0. The molecule has 2 aromatic carbocycles. The lowest BCUT2D eigenvalue weighted by Gasteiger charge is -2.20. The van der Waals surface area contributed by atoms with Crippen molar-refractivity contribution in [3.8, 4) is 11.7 Å². The minimum atomic E-state index is -1.61. The summed E-state index contributed by atoms with van der Waals surface area (Å²) in [6, 6.07) is 11.5. The molecule has 0 amide bonds. The van der Waals surface area contributed by atoms with Gasteiger partial charge in [0.2, 0.25) is 0 Å². The summed E-state index contributed by atoms with van der Waals surface area (Å²) in [5.41, 5.74) is 2.55. The van der Waals surface area contributed by atoms with E-state index in [4.69, 9.17) is 4.74 Å². The van der Waals surface area contributed by atoms with E-state index < -0.39 is 7.12 Å². The molecule has 3 heterocycles. The summed E-state index contributed by atoms with van der Waals surface area (Å²) in [5.74, 6) is 1.14. The summed E-state index contributed by atoms with van der Waals surface area (Å²) in [6.07, 6.45) is 3.13. The van der Waals surface area contributed by atoms with Crippen LogP contribution < -0.4 is 15.5 Å². The van der Waals surface area contributed by atoms with Crippen molar-refractivity contribution in [2.75, 3.05) is 11.9 Å². The van der Waals surface area contributed by atoms with Crippen molar-refractivity contribution in [1.82, 2.24) is 19.7 Å². The van der Waals surface area contributed by atoms with Crippen LogP contribution in [0.5, 0.6) is 5.75 Å². The Bertz CT molecular complexity index is 1260. The molecule has 2 aromatic heterocycles. The molecule has 8 nitrogen and oxygen atoms in total. The fourth-order valence-electron chi connectivity index (χ4n) is 3.72. The number of ether oxygens (including phenoxy) is 1. The summed E-state index contributed by atoms with van der Waals surface area (Å²) < 4.78 is 20.9. The van der Waals surface area contributed by atoms with Crippen LogP contribution in [0, 0.1) is 5.82 Å². The van der Waals surface area contributed by atoms with E-state index in [1.165, 1.54) is 12.1 Å². The lowest BCUT2D eigenvalue weighted by molar-refractivity contribution is 0.284. The van der Waals surface area contributed by atoms with Gasteiger partial charge in [0.15, 0.2) is 11.6 Å². The molecular weight excluding hydrogens is 400 g/mol. The topological polar surface area (TPSA) is 105 Å². The number of nitrogens with zero attached hydrogens (tertiary/aromatic N) is 4. The van der Waals surface area contributed by atoms with Crippen LogP contribution in [-0.4, -0.2) is 43.5 Å². The Labute approximate surface area is 177 Å². The van der Waals surface area contributed by atoms with Gasteiger partial charge < -0.3 is 20.1 Å². The molecule has 0 saturated heterocycles. The van der Waals surface area contributed by atoms with Gasteiger partial charge in [-0.15, -0.1) is 0 Å². The highest BCUT2D eigenvalue weighted by molar-refractivity contribution is 6.61. The van der Waals surface area contributed by atoms with Gasteiger partial charge in [-0.1, -0.05) is 24.3 Å². The highest BCUT2D eigenvalue weighted by atomic mass is 19.1. The smallest absolute Gasteiger partial charge is 0.488 e. The number of fused-ring (bicyclic) bond motifs is 2. The first-order valence-electron chi connectivity index (χ1n) is 9.95. The maximum atomic E-state index is 13.5. The van der Waals surface area contributed by atoms with E-state index in [2.05, 4.69) is 20.4 Å². The largest absolute Gasteiger partial charge is 0.489 e. The number of anilines is 1. The van der Waals surface area contributed by atoms with Gasteiger partial charge in [0.05, 0.1) is 24.0 Å². The Morgan fingerprint density at radius 2 is 2.03 bits per heavy atom. The van der Waals surface area contributed by atoms with Crippen molar-refractivity contribution in [1.29, 1.82) is 0 Å². The van der Waals surface area contributed by atoms with Crippen LogP contribution in [-0.2, 0) is 13.0 Å². The number of aromatic nitrogens is 4. The summed E-state index contributed by atoms with van der Waals surface area (Å²) in [5, 5.41) is 27.5. The molecule has 4 aromatic rings. The molecule has 1 aliphatic rings. The predicted octanol–water partition coefficient (Wildman–Crippen LogP) is 1.57. The fourth-order valence-corrected chi connectivity index (χ4v) is 3.72. The zero-order valence-corrected chi connectivity index (χ0v) is 16.5.